The average molecular weight is 278 g/mol. The maximum atomic E-state index is 11.3. The average Bonchev–Trinajstić information content (AvgIpc) is 2.57. The Morgan fingerprint density at radius 1 is 1.17 bits per heavy atom. The molecule has 1 aliphatic heterocycles. The van der Waals surface area contributed by atoms with E-state index >= 15 is 0 Å². The second-order valence-corrected chi connectivity index (χ2v) is 4.77. The zero-order valence-electron chi connectivity index (χ0n) is 9.41. The Kier molecular flexibility index (Phi) is 4.51. The van der Waals surface area contributed by atoms with Gasteiger partial charge in [0.1, 0.15) is 16.5 Å². The zero-order valence-corrected chi connectivity index (χ0v) is 12.2. The summed E-state index contributed by atoms with van der Waals surface area (Å²) in [6, 6.07) is 4.70. The minimum Gasteiger partial charge on any atom is -0.744 e. The molecule has 0 aromatic heterocycles. The number of nitrogens with one attached hydrogen (secondary N) is 1. The molecule has 1 aromatic rings. The number of hydrogen-bond acceptors (Lipinski definition) is 5. The second-order valence-electron chi connectivity index (χ2n) is 3.39. The summed E-state index contributed by atoms with van der Waals surface area (Å²) in [7, 11) is -4.51. The molecule has 0 radical (unpaired) electrons. The standard InChI is InChI=1S/C9H8N2O5S.Na/c12-8-5-9(13)11(10-8)6-1-3-7(4-2-6)17(14,15)16;/h1-4H,5H2,(H,10,12)(H,14,15,16);/q;+1/p-1. The fraction of sp³-hybridized carbons (Fsp3) is 0.111. The van der Waals surface area contributed by atoms with E-state index in [1.54, 1.807) is 0 Å². The summed E-state index contributed by atoms with van der Waals surface area (Å²) in [4.78, 5) is 21.9. The van der Waals surface area contributed by atoms with E-state index in [9.17, 15) is 22.6 Å². The molecule has 0 unspecified atom stereocenters. The molecule has 2 rings (SSSR count). The Bertz CT molecular complexity index is 583. The van der Waals surface area contributed by atoms with Gasteiger partial charge in [-0.3, -0.25) is 15.0 Å². The Morgan fingerprint density at radius 3 is 2.11 bits per heavy atom. The predicted octanol–water partition coefficient (Wildman–Crippen LogP) is -3.64. The van der Waals surface area contributed by atoms with Crippen molar-refractivity contribution in [3.05, 3.63) is 24.3 Å². The van der Waals surface area contributed by atoms with Gasteiger partial charge in [-0.1, -0.05) is 0 Å². The van der Waals surface area contributed by atoms with Gasteiger partial charge in [-0.2, -0.15) is 0 Å². The van der Waals surface area contributed by atoms with E-state index in [0.717, 1.165) is 17.1 Å². The van der Waals surface area contributed by atoms with Gasteiger partial charge in [0.2, 0.25) is 5.91 Å². The molecule has 1 saturated heterocycles. The molecule has 0 atom stereocenters. The largest absolute Gasteiger partial charge is 1.00 e. The molecular weight excluding hydrogens is 271 g/mol. The van der Waals surface area contributed by atoms with E-state index in [1.807, 2.05) is 0 Å². The Hall–Kier alpha value is -0.930. The molecule has 90 valence electrons. The quantitative estimate of drug-likeness (QED) is 0.341. The number of anilines is 1. The minimum atomic E-state index is -4.51. The molecule has 0 bridgehead atoms. The van der Waals surface area contributed by atoms with Gasteiger partial charge >= 0.3 is 29.6 Å². The van der Waals surface area contributed by atoms with Gasteiger partial charge in [-0.15, -0.1) is 0 Å². The SMILES string of the molecule is O=C1CC(=O)N(c2ccc(S(=O)(=O)[O-])cc2)N1.[Na+]. The van der Waals surface area contributed by atoms with E-state index in [1.165, 1.54) is 12.1 Å². The Labute approximate surface area is 125 Å². The Balaban J connectivity index is 0.00000162. The van der Waals surface area contributed by atoms with Crippen molar-refractivity contribution in [3.63, 3.8) is 0 Å². The molecule has 0 aliphatic carbocycles. The Morgan fingerprint density at radius 2 is 1.72 bits per heavy atom. The maximum absolute atomic E-state index is 11.3. The third-order valence-corrected chi connectivity index (χ3v) is 3.03. The number of hydrogen-bond donors (Lipinski definition) is 1. The number of carbonyl (C=O) groups excluding carboxylic acids is 2. The van der Waals surface area contributed by atoms with Crippen LogP contribution in [0.25, 0.3) is 0 Å². The fourth-order valence-corrected chi connectivity index (χ4v) is 1.88. The van der Waals surface area contributed by atoms with E-state index in [-0.39, 0.29) is 40.9 Å². The molecular formula is C9H7N2NaO5S. The van der Waals surface area contributed by atoms with Gasteiger partial charge in [-0.05, 0) is 24.3 Å². The van der Waals surface area contributed by atoms with Crippen LogP contribution in [0.1, 0.15) is 6.42 Å². The summed E-state index contributed by atoms with van der Waals surface area (Å²) >= 11 is 0. The normalized spacial score (nSPS) is 15.3. The van der Waals surface area contributed by atoms with Crippen LogP contribution in [0, 0.1) is 0 Å². The summed E-state index contributed by atoms with van der Waals surface area (Å²) in [6.45, 7) is 0. The molecule has 1 fully saturated rings. The summed E-state index contributed by atoms with van der Waals surface area (Å²) < 4.78 is 32.0. The molecule has 9 heteroatoms. The number of nitrogens with zero attached hydrogens (tertiary/aromatic N) is 1. The van der Waals surface area contributed by atoms with Crippen molar-refractivity contribution in [2.75, 3.05) is 5.01 Å². The van der Waals surface area contributed by atoms with Crippen LogP contribution in [0.5, 0.6) is 0 Å². The van der Waals surface area contributed by atoms with Crippen molar-refractivity contribution in [3.8, 4) is 0 Å². The third-order valence-electron chi connectivity index (χ3n) is 2.18. The van der Waals surface area contributed by atoms with Gasteiger partial charge in [0.05, 0.1) is 10.6 Å². The summed E-state index contributed by atoms with van der Waals surface area (Å²) in [5, 5.41) is 1.00. The van der Waals surface area contributed by atoms with Crippen molar-refractivity contribution in [2.45, 2.75) is 11.3 Å². The molecule has 1 aliphatic rings. The second kappa shape index (κ2) is 5.37. The van der Waals surface area contributed by atoms with Crippen molar-refractivity contribution in [2.24, 2.45) is 0 Å². The van der Waals surface area contributed by atoms with Crippen LogP contribution in [0.15, 0.2) is 29.2 Å². The van der Waals surface area contributed by atoms with Crippen LogP contribution in [0.4, 0.5) is 5.69 Å². The molecule has 7 nitrogen and oxygen atoms in total. The topological polar surface area (TPSA) is 107 Å². The molecule has 0 saturated carbocycles. The number of amides is 2. The van der Waals surface area contributed by atoms with E-state index in [0.29, 0.717) is 5.69 Å². The van der Waals surface area contributed by atoms with Crippen molar-refractivity contribution < 1.29 is 52.1 Å². The molecule has 18 heavy (non-hydrogen) atoms. The number of carbonyl (C=O) groups is 2. The summed E-state index contributed by atoms with van der Waals surface area (Å²) in [5.41, 5.74) is 2.59. The molecule has 1 heterocycles. The smallest absolute Gasteiger partial charge is 0.744 e. The van der Waals surface area contributed by atoms with E-state index < -0.39 is 21.9 Å². The minimum absolute atomic E-state index is 0. The first-order chi connectivity index (χ1) is 7.88. The van der Waals surface area contributed by atoms with Crippen LogP contribution in [-0.4, -0.2) is 24.8 Å². The molecule has 2 amide bonds. The van der Waals surface area contributed by atoms with E-state index in [4.69, 9.17) is 0 Å². The predicted molar refractivity (Wildman–Crippen MR) is 54.7 cm³/mol. The third kappa shape index (κ3) is 3.09. The molecule has 0 spiro atoms. The van der Waals surface area contributed by atoms with Crippen LogP contribution in [0.3, 0.4) is 0 Å². The van der Waals surface area contributed by atoms with Crippen LogP contribution < -0.4 is 40.0 Å². The van der Waals surface area contributed by atoms with Crippen molar-refractivity contribution in [1.82, 2.24) is 5.43 Å². The number of rotatable bonds is 2. The van der Waals surface area contributed by atoms with Crippen LogP contribution >= 0.6 is 0 Å². The van der Waals surface area contributed by atoms with Gasteiger partial charge in [-0.25, -0.2) is 13.4 Å². The van der Waals surface area contributed by atoms with Crippen LogP contribution in [-0.2, 0) is 19.7 Å². The first kappa shape index (κ1) is 15.1. The van der Waals surface area contributed by atoms with E-state index in [2.05, 4.69) is 5.43 Å². The first-order valence-corrected chi connectivity index (χ1v) is 5.97. The van der Waals surface area contributed by atoms with Gasteiger partial charge in [0, 0.05) is 0 Å². The monoisotopic (exact) mass is 278 g/mol. The maximum Gasteiger partial charge on any atom is 1.00 e. The zero-order chi connectivity index (χ0) is 12.6. The first-order valence-electron chi connectivity index (χ1n) is 4.56. The molecule has 1 aromatic carbocycles. The van der Waals surface area contributed by atoms with Gasteiger partial charge in [0.25, 0.3) is 5.91 Å². The number of benzene rings is 1. The van der Waals surface area contributed by atoms with Gasteiger partial charge in [0.15, 0.2) is 0 Å². The van der Waals surface area contributed by atoms with Crippen molar-refractivity contribution in [1.29, 1.82) is 0 Å². The summed E-state index contributed by atoms with van der Waals surface area (Å²) in [6.07, 6.45) is -0.248. The molecule has 1 N–H and O–H groups in total. The van der Waals surface area contributed by atoms with Crippen LogP contribution in [0.2, 0.25) is 0 Å². The van der Waals surface area contributed by atoms with Crippen molar-refractivity contribution >= 4 is 27.6 Å². The fourth-order valence-electron chi connectivity index (χ4n) is 1.41. The number of hydrazine groups is 1. The summed E-state index contributed by atoms with van der Waals surface area (Å²) in [5.74, 6) is -0.872. The van der Waals surface area contributed by atoms with Gasteiger partial charge < -0.3 is 4.55 Å².